The second-order valence-corrected chi connectivity index (χ2v) is 13.5. The number of likely N-dealkylation sites (N-methyl/N-ethyl adjacent to an activating group) is 1. The highest BCUT2D eigenvalue weighted by molar-refractivity contribution is 6.24. The number of rotatable bonds is 4. The van der Waals surface area contributed by atoms with E-state index < -0.39 is 70.1 Å². The average Bonchev–Trinajstić information content (AvgIpc) is 2.98. The molecule has 0 unspecified atom stereocenters. The maximum atomic E-state index is 14.0. The standard InChI is InChI=1S/C33H38F3N3O7/c1-38(2)26-21-14-16-13-20-19(15-9-11-39(12-10-15)18-5-3-17(4-6-18)33(34,35)36)7-8-22(40)24(20)27(41)23(16)29(43)32(21,46)30(44)25(28(26)42)31(37)45/h7-9,16-18,21,26,40,42-43,46H,3-6,10-14H2,1-2H3,(H2,37,45)/t16-,17?,18?,21-,26-,32-/m0/s1. The van der Waals surface area contributed by atoms with E-state index in [0.717, 1.165) is 11.1 Å². The van der Waals surface area contributed by atoms with E-state index in [1.807, 2.05) is 6.08 Å². The van der Waals surface area contributed by atoms with Crippen molar-refractivity contribution < 1.29 is 48.0 Å². The Morgan fingerprint density at radius 3 is 2.33 bits per heavy atom. The summed E-state index contributed by atoms with van der Waals surface area (Å²) in [5.41, 5.74) is 3.79. The van der Waals surface area contributed by atoms with Crippen LogP contribution in [0.3, 0.4) is 0 Å². The second-order valence-electron chi connectivity index (χ2n) is 13.5. The van der Waals surface area contributed by atoms with Crippen molar-refractivity contribution in [2.24, 2.45) is 23.5 Å². The molecule has 6 rings (SSSR count). The fourth-order valence-electron chi connectivity index (χ4n) is 8.58. The van der Waals surface area contributed by atoms with Crippen LogP contribution in [0, 0.1) is 17.8 Å². The van der Waals surface area contributed by atoms with Crippen LogP contribution in [0.2, 0.25) is 0 Å². The van der Waals surface area contributed by atoms with E-state index in [-0.39, 0.29) is 48.6 Å². The highest BCUT2D eigenvalue weighted by Gasteiger charge is 2.63. The number of allylic oxidation sites excluding steroid dienone is 1. The Labute approximate surface area is 263 Å². The van der Waals surface area contributed by atoms with Crippen molar-refractivity contribution >= 4 is 23.0 Å². The van der Waals surface area contributed by atoms with Gasteiger partial charge in [0.15, 0.2) is 11.4 Å². The number of benzene rings is 1. The number of phenols is 1. The maximum Gasteiger partial charge on any atom is 0.391 e. The van der Waals surface area contributed by atoms with Gasteiger partial charge >= 0.3 is 6.18 Å². The van der Waals surface area contributed by atoms with Crippen LogP contribution in [-0.4, -0.2) is 98.7 Å². The number of primary amides is 1. The number of phenolic OH excluding ortho intramolecular Hbond substituents is 1. The summed E-state index contributed by atoms with van der Waals surface area (Å²) in [6, 6.07) is 2.10. The summed E-state index contributed by atoms with van der Waals surface area (Å²) >= 11 is 0. The van der Waals surface area contributed by atoms with E-state index in [0.29, 0.717) is 37.9 Å². The highest BCUT2D eigenvalue weighted by atomic mass is 19.4. The zero-order valence-electron chi connectivity index (χ0n) is 25.6. The van der Waals surface area contributed by atoms with E-state index in [1.54, 1.807) is 20.2 Å². The Morgan fingerprint density at radius 1 is 1.09 bits per heavy atom. The third kappa shape index (κ3) is 4.85. The van der Waals surface area contributed by atoms with Gasteiger partial charge in [0.1, 0.15) is 22.8 Å². The first-order chi connectivity index (χ1) is 21.6. The number of aliphatic hydroxyl groups excluding tert-OH is 2. The molecule has 1 aromatic rings. The summed E-state index contributed by atoms with van der Waals surface area (Å²) in [6.45, 7) is 1.16. The van der Waals surface area contributed by atoms with Gasteiger partial charge < -0.3 is 26.2 Å². The first-order valence-corrected chi connectivity index (χ1v) is 15.6. The summed E-state index contributed by atoms with van der Waals surface area (Å²) in [5, 5.41) is 45.1. The van der Waals surface area contributed by atoms with Gasteiger partial charge in [-0.3, -0.25) is 24.2 Å². The third-order valence-corrected chi connectivity index (χ3v) is 10.9. The molecule has 13 heteroatoms. The quantitative estimate of drug-likeness (QED) is 0.309. The third-order valence-electron chi connectivity index (χ3n) is 10.9. The van der Waals surface area contributed by atoms with E-state index in [4.69, 9.17) is 5.73 Å². The first-order valence-electron chi connectivity index (χ1n) is 15.6. The predicted molar refractivity (Wildman–Crippen MR) is 160 cm³/mol. The monoisotopic (exact) mass is 645 g/mol. The van der Waals surface area contributed by atoms with Crippen molar-refractivity contribution in [3.8, 4) is 5.75 Å². The number of halogens is 3. The molecular formula is C33H38F3N3O7. The van der Waals surface area contributed by atoms with Crippen LogP contribution >= 0.6 is 0 Å². The number of aliphatic hydroxyl groups is 3. The number of aromatic hydroxyl groups is 1. The Bertz CT molecular complexity index is 1610. The number of hydrogen-bond acceptors (Lipinski definition) is 9. The molecule has 5 aliphatic rings. The maximum absolute atomic E-state index is 14.0. The molecule has 0 spiro atoms. The molecule has 0 aromatic heterocycles. The first kappa shape index (κ1) is 32.3. The predicted octanol–water partition coefficient (Wildman–Crippen LogP) is 3.33. The smallest absolute Gasteiger partial charge is 0.391 e. The van der Waals surface area contributed by atoms with Gasteiger partial charge in [-0.1, -0.05) is 12.1 Å². The number of Topliss-reactive ketones (excluding diaryl/α,β-unsaturated/α-hetero) is 2. The van der Waals surface area contributed by atoms with Crippen LogP contribution in [0.4, 0.5) is 13.2 Å². The minimum absolute atomic E-state index is 0.00567. The summed E-state index contributed by atoms with van der Waals surface area (Å²) in [5.74, 6) is -8.23. The van der Waals surface area contributed by atoms with E-state index in [1.165, 1.54) is 11.0 Å². The molecule has 0 bridgehead atoms. The van der Waals surface area contributed by atoms with Gasteiger partial charge in [-0.05, 0) is 87.7 Å². The fraction of sp³-hybridized carbons (Fsp3) is 0.545. The average molecular weight is 646 g/mol. The molecule has 1 heterocycles. The Hall–Kier alpha value is -3.68. The molecule has 46 heavy (non-hydrogen) atoms. The number of nitrogens with two attached hydrogens (primary N) is 1. The van der Waals surface area contributed by atoms with Gasteiger partial charge in [-0.2, -0.15) is 13.2 Å². The van der Waals surface area contributed by atoms with Gasteiger partial charge in [-0.25, -0.2) is 0 Å². The van der Waals surface area contributed by atoms with Gasteiger partial charge in [0.05, 0.1) is 17.5 Å². The van der Waals surface area contributed by atoms with Gasteiger partial charge in [0.2, 0.25) is 5.78 Å². The molecule has 0 radical (unpaired) electrons. The summed E-state index contributed by atoms with van der Waals surface area (Å²) in [7, 11) is 3.15. The lowest BCUT2D eigenvalue weighted by atomic mass is 9.58. The number of alkyl halides is 3. The number of carbonyl (C=O) groups excluding carboxylic acids is 3. The lowest BCUT2D eigenvalue weighted by molar-refractivity contribution is -0.184. The number of carbonyl (C=O) groups is 3. The Kier molecular flexibility index (Phi) is 7.88. The van der Waals surface area contributed by atoms with Gasteiger partial charge in [0.25, 0.3) is 5.91 Å². The largest absolute Gasteiger partial charge is 0.510 e. The molecule has 1 fully saturated rings. The summed E-state index contributed by atoms with van der Waals surface area (Å²) in [4.78, 5) is 43.4. The van der Waals surface area contributed by atoms with Crippen molar-refractivity contribution in [1.29, 1.82) is 0 Å². The molecule has 248 valence electrons. The molecule has 0 saturated heterocycles. The molecule has 10 nitrogen and oxygen atoms in total. The molecular weight excluding hydrogens is 607 g/mol. The normalized spacial score (nSPS) is 32.2. The molecule has 4 aliphatic carbocycles. The number of ketones is 2. The topological polar surface area (TPSA) is 165 Å². The molecule has 1 aliphatic heterocycles. The van der Waals surface area contributed by atoms with Crippen molar-refractivity contribution in [1.82, 2.24) is 9.80 Å². The SMILES string of the molecule is CN(C)[C@@H]1C(O)=C(C(N)=O)C(=O)[C@@]2(O)C(O)=C3C(=O)c4c(O)ccc(C5=CCN(C6CCC(C(F)(F)F)CC6)CC5)c4C[C@H]3C[C@@H]12. The van der Waals surface area contributed by atoms with E-state index >= 15 is 0 Å². The van der Waals surface area contributed by atoms with Crippen molar-refractivity contribution in [3.05, 3.63) is 57.6 Å². The lowest BCUT2D eigenvalue weighted by Gasteiger charge is -2.50. The van der Waals surface area contributed by atoms with Crippen LogP contribution in [0.1, 0.15) is 60.0 Å². The number of fused-ring (bicyclic) bond motifs is 3. The number of hydrogen-bond donors (Lipinski definition) is 5. The van der Waals surface area contributed by atoms with Crippen molar-refractivity contribution in [2.75, 3.05) is 27.2 Å². The number of nitrogens with zero attached hydrogens (tertiary/aromatic N) is 2. The minimum atomic E-state index is -4.17. The molecule has 1 amide bonds. The van der Waals surface area contributed by atoms with Crippen molar-refractivity contribution in [2.45, 2.75) is 68.8 Å². The molecule has 4 atom stereocenters. The summed E-state index contributed by atoms with van der Waals surface area (Å²) in [6.07, 6.45) is -0.207. The van der Waals surface area contributed by atoms with Crippen LogP contribution in [0.25, 0.3) is 5.57 Å². The molecule has 1 saturated carbocycles. The fourth-order valence-corrected chi connectivity index (χ4v) is 8.58. The minimum Gasteiger partial charge on any atom is -0.510 e. The second kappa shape index (κ2) is 11.2. The molecule has 6 N–H and O–H groups in total. The number of amides is 1. The zero-order chi connectivity index (χ0) is 33.5. The van der Waals surface area contributed by atoms with E-state index in [9.17, 15) is 48.0 Å². The van der Waals surface area contributed by atoms with E-state index in [2.05, 4.69) is 4.90 Å². The van der Waals surface area contributed by atoms with Crippen molar-refractivity contribution in [3.63, 3.8) is 0 Å². The zero-order valence-corrected chi connectivity index (χ0v) is 25.6. The van der Waals surface area contributed by atoms with Crippen LogP contribution in [0.5, 0.6) is 5.75 Å². The Balaban J connectivity index is 1.33. The van der Waals surface area contributed by atoms with Gasteiger partial charge in [-0.15, -0.1) is 0 Å². The van der Waals surface area contributed by atoms with Crippen LogP contribution in [-0.2, 0) is 16.0 Å². The molecule has 1 aromatic carbocycles. The highest BCUT2D eigenvalue weighted by Crippen LogP contribution is 2.53. The summed E-state index contributed by atoms with van der Waals surface area (Å²) < 4.78 is 39.5. The Morgan fingerprint density at radius 2 is 1.76 bits per heavy atom. The van der Waals surface area contributed by atoms with Crippen LogP contribution in [0.15, 0.2) is 40.9 Å². The van der Waals surface area contributed by atoms with Gasteiger partial charge in [0, 0.05) is 30.6 Å². The lowest BCUT2D eigenvalue weighted by Crippen LogP contribution is -2.63. The van der Waals surface area contributed by atoms with Crippen LogP contribution < -0.4 is 5.73 Å².